The van der Waals surface area contributed by atoms with Crippen molar-refractivity contribution in [3.8, 4) is 11.5 Å². The molecule has 2 aromatic carbocycles. The lowest BCUT2D eigenvalue weighted by Gasteiger charge is -2.41. The molecule has 1 aliphatic heterocycles. The van der Waals surface area contributed by atoms with E-state index < -0.39 is 12.0 Å². The summed E-state index contributed by atoms with van der Waals surface area (Å²) in [4.78, 5) is 32.7. The monoisotopic (exact) mass is 523 g/mol. The van der Waals surface area contributed by atoms with Crippen LogP contribution in [0.4, 0.5) is 11.4 Å². The van der Waals surface area contributed by atoms with Gasteiger partial charge in [0.1, 0.15) is 10.4 Å². The first-order valence-electron chi connectivity index (χ1n) is 10.9. The van der Waals surface area contributed by atoms with Crippen molar-refractivity contribution in [2.45, 2.75) is 25.8 Å². The van der Waals surface area contributed by atoms with Gasteiger partial charge >= 0.3 is 0 Å². The van der Waals surface area contributed by atoms with Gasteiger partial charge in [-0.05, 0) is 59.1 Å². The average Bonchev–Trinajstić information content (AvgIpc) is 2.85. The van der Waals surface area contributed by atoms with Crippen molar-refractivity contribution in [1.82, 2.24) is 4.98 Å². The van der Waals surface area contributed by atoms with Crippen LogP contribution in [0.15, 0.2) is 65.4 Å². The van der Waals surface area contributed by atoms with E-state index in [0.717, 1.165) is 16.8 Å². The lowest BCUT2D eigenvalue weighted by atomic mass is 9.83. The van der Waals surface area contributed by atoms with Crippen LogP contribution in [0, 0.1) is 12.8 Å². The zero-order valence-electron chi connectivity index (χ0n) is 19.2. The molecule has 1 N–H and O–H groups in total. The molecular weight excluding hydrogens is 498 g/mol. The minimum absolute atomic E-state index is 0.0132. The predicted octanol–water partition coefficient (Wildman–Crippen LogP) is 5.29. The number of benzene rings is 2. The smallest absolute Gasteiger partial charge is 0.229 e. The van der Waals surface area contributed by atoms with Gasteiger partial charge in [0.05, 0.1) is 38.1 Å². The number of carbonyl (C=O) groups excluding carboxylic acids is 2. The number of hydrogen-bond donors (Lipinski definition) is 1. The van der Waals surface area contributed by atoms with Crippen LogP contribution in [0.5, 0.6) is 11.5 Å². The van der Waals surface area contributed by atoms with Crippen LogP contribution in [-0.2, 0) is 9.59 Å². The van der Waals surface area contributed by atoms with E-state index in [9.17, 15) is 9.59 Å². The van der Waals surface area contributed by atoms with E-state index in [1.165, 1.54) is 0 Å². The van der Waals surface area contributed by atoms with Crippen LogP contribution in [-0.4, -0.2) is 31.0 Å². The Labute approximate surface area is 207 Å². The van der Waals surface area contributed by atoms with Crippen molar-refractivity contribution in [2.75, 3.05) is 24.4 Å². The maximum absolute atomic E-state index is 13.5. The summed E-state index contributed by atoms with van der Waals surface area (Å²) in [6.45, 7) is 2.00. The lowest BCUT2D eigenvalue weighted by molar-refractivity contribution is -0.125. The molecule has 7 nitrogen and oxygen atoms in total. The number of carbonyl (C=O) groups is 2. The fraction of sp³-hybridized carbons (Fsp3) is 0.269. The zero-order valence-corrected chi connectivity index (χ0v) is 20.8. The number of halogens is 1. The predicted molar refractivity (Wildman–Crippen MR) is 134 cm³/mol. The highest BCUT2D eigenvalue weighted by Gasteiger charge is 2.41. The third kappa shape index (κ3) is 4.92. The topological polar surface area (TPSA) is 80.8 Å². The van der Waals surface area contributed by atoms with Crippen molar-refractivity contribution in [3.63, 3.8) is 0 Å². The molecule has 0 aliphatic carbocycles. The number of piperidine rings is 1. The van der Waals surface area contributed by atoms with Crippen LogP contribution in [0.3, 0.4) is 0 Å². The summed E-state index contributed by atoms with van der Waals surface area (Å²) in [6.07, 6.45) is 2.28. The van der Waals surface area contributed by atoms with E-state index in [1.807, 2.05) is 55.5 Å². The highest BCUT2D eigenvalue weighted by molar-refractivity contribution is 9.10. The van der Waals surface area contributed by atoms with Gasteiger partial charge in [0.2, 0.25) is 11.8 Å². The summed E-state index contributed by atoms with van der Waals surface area (Å²) >= 11 is 3.33. The molecule has 2 heterocycles. The molecule has 8 heteroatoms. The van der Waals surface area contributed by atoms with Crippen molar-refractivity contribution >= 4 is 39.1 Å². The Bertz CT molecular complexity index is 1180. The number of nitrogens with zero attached hydrogens (tertiary/aromatic N) is 2. The largest absolute Gasteiger partial charge is 0.497 e. The molecule has 0 radical (unpaired) electrons. The Hall–Kier alpha value is -3.39. The van der Waals surface area contributed by atoms with Crippen molar-refractivity contribution in [1.29, 1.82) is 0 Å². The summed E-state index contributed by atoms with van der Waals surface area (Å²) < 4.78 is 11.2. The SMILES string of the molecule is COc1ccc(C2C(C(=O)Nc3cnc(Br)c(OC)c3)CCC(=O)N2c2ccc(C)cc2)cc1. The van der Waals surface area contributed by atoms with Crippen LogP contribution < -0.4 is 19.7 Å². The Morgan fingerprint density at radius 1 is 1.09 bits per heavy atom. The second-order valence-corrected chi connectivity index (χ2v) is 8.92. The minimum atomic E-state index is -0.472. The van der Waals surface area contributed by atoms with E-state index in [-0.39, 0.29) is 18.2 Å². The molecule has 0 saturated carbocycles. The third-order valence-corrected chi connectivity index (χ3v) is 6.59. The molecule has 2 atom stereocenters. The molecular formula is C26H26BrN3O4. The standard InChI is InChI=1S/C26H26BrN3O4/c1-16-4-8-19(9-5-16)30-23(31)13-12-21(24(30)17-6-10-20(33-2)11-7-17)26(32)29-18-14-22(34-3)25(27)28-15-18/h4-11,14-15,21,24H,12-13H2,1-3H3,(H,29,32). The number of hydrogen-bond acceptors (Lipinski definition) is 5. The summed E-state index contributed by atoms with van der Waals surface area (Å²) in [5.74, 6) is 0.561. The number of ether oxygens (including phenoxy) is 2. The van der Waals surface area contributed by atoms with Crippen molar-refractivity contribution < 1.29 is 19.1 Å². The number of amides is 2. The zero-order chi connectivity index (χ0) is 24.2. The third-order valence-electron chi connectivity index (χ3n) is 6.00. The van der Waals surface area contributed by atoms with Gasteiger partial charge in [0, 0.05) is 18.2 Å². The van der Waals surface area contributed by atoms with Crippen LogP contribution in [0.25, 0.3) is 0 Å². The first-order valence-corrected chi connectivity index (χ1v) is 11.7. The normalized spacial score (nSPS) is 17.9. The number of nitrogens with one attached hydrogen (secondary N) is 1. The van der Waals surface area contributed by atoms with Crippen LogP contribution in [0.1, 0.15) is 30.0 Å². The maximum Gasteiger partial charge on any atom is 0.229 e. The first kappa shape index (κ1) is 23.8. The van der Waals surface area contributed by atoms with Crippen molar-refractivity contribution in [2.24, 2.45) is 5.92 Å². The van der Waals surface area contributed by atoms with Gasteiger partial charge in [-0.25, -0.2) is 4.98 Å². The van der Waals surface area contributed by atoms with Gasteiger partial charge in [-0.1, -0.05) is 29.8 Å². The number of aryl methyl sites for hydroxylation is 1. The summed E-state index contributed by atoms with van der Waals surface area (Å²) in [5, 5.41) is 2.97. The highest BCUT2D eigenvalue weighted by atomic mass is 79.9. The van der Waals surface area contributed by atoms with Gasteiger partial charge in [-0.15, -0.1) is 0 Å². The van der Waals surface area contributed by atoms with Crippen LogP contribution in [0.2, 0.25) is 0 Å². The Morgan fingerprint density at radius 2 is 1.79 bits per heavy atom. The molecule has 34 heavy (non-hydrogen) atoms. The molecule has 1 aliphatic rings. The summed E-state index contributed by atoms with van der Waals surface area (Å²) in [6, 6.07) is 16.5. The van der Waals surface area contributed by atoms with Gasteiger partial charge in [0.15, 0.2) is 5.75 Å². The highest BCUT2D eigenvalue weighted by Crippen LogP contribution is 2.41. The molecule has 4 rings (SSSR count). The molecule has 2 unspecified atom stereocenters. The van der Waals surface area contributed by atoms with E-state index >= 15 is 0 Å². The second-order valence-electron chi connectivity index (χ2n) is 8.17. The Balaban J connectivity index is 1.72. The maximum atomic E-state index is 13.5. The lowest BCUT2D eigenvalue weighted by Crippen LogP contribution is -2.47. The summed E-state index contributed by atoms with van der Waals surface area (Å²) in [5.41, 5.74) is 3.25. The molecule has 0 bridgehead atoms. The number of rotatable bonds is 6. The molecule has 0 spiro atoms. The number of aromatic nitrogens is 1. The Morgan fingerprint density at radius 3 is 2.44 bits per heavy atom. The van der Waals surface area contributed by atoms with E-state index in [1.54, 1.807) is 31.4 Å². The Kier molecular flexibility index (Phi) is 7.17. The van der Waals surface area contributed by atoms with Gasteiger partial charge in [-0.3, -0.25) is 9.59 Å². The molecule has 176 valence electrons. The molecule has 1 aromatic heterocycles. The van der Waals surface area contributed by atoms with Gasteiger partial charge in [0.25, 0.3) is 0 Å². The quantitative estimate of drug-likeness (QED) is 0.443. The fourth-order valence-corrected chi connectivity index (χ4v) is 4.61. The van der Waals surface area contributed by atoms with Gasteiger partial charge in [-0.2, -0.15) is 0 Å². The van der Waals surface area contributed by atoms with E-state index in [2.05, 4.69) is 26.2 Å². The molecule has 2 amide bonds. The van der Waals surface area contributed by atoms with Crippen LogP contribution >= 0.6 is 15.9 Å². The summed E-state index contributed by atoms with van der Waals surface area (Å²) in [7, 11) is 3.15. The second kappa shape index (κ2) is 10.3. The van der Waals surface area contributed by atoms with Gasteiger partial charge < -0.3 is 19.7 Å². The number of methoxy groups -OCH3 is 2. The molecule has 1 fully saturated rings. The molecule has 3 aromatic rings. The van der Waals surface area contributed by atoms with E-state index in [4.69, 9.17) is 9.47 Å². The minimum Gasteiger partial charge on any atom is -0.497 e. The molecule has 1 saturated heterocycles. The first-order chi connectivity index (χ1) is 16.4. The van der Waals surface area contributed by atoms with Crippen molar-refractivity contribution in [3.05, 3.63) is 76.5 Å². The van der Waals surface area contributed by atoms with E-state index in [0.29, 0.717) is 28.2 Å². The number of pyridine rings is 1. The average molecular weight is 524 g/mol. The number of anilines is 2. The fourth-order valence-electron chi connectivity index (χ4n) is 4.23.